The van der Waals surface area contributed by atoms with Crippen molar-refractivity contribution in [3.63, 3.8) is 0 Å². The van der Waals surface area contributed by atoms with Gasteiger partial charge in [-0.25, -0.2) is 9.59 Å². The average Bonchev–Trinajstić information content (AvgIpc) is 2.80. The molecule has 1 aromatic carbocycles. The van der Waals surface area contributed by atoms with Gasteiger partial charge in [-0.2, -0.15) is 0 Å². The summed E-state index contributed by atoms with van der Waals surface area (Å²) in [6.07, 6.45) is 12.2. The van der Waals surface area contributed by atoms with E-state index in [4.69, 9.17) is 14.2 Å². The van der Waals surface area contributed by atoms with Crippen LogP contribution in [0.4, 0.5) is 0 Å². The zero-order chi connectivity index (χ0) is 22.7. The minimum atomic E-state index is -0.470. The number of hydrogen-bond donors (Lipinski definition) is 0. The molecule has 0 radical (unpaired) electrons. The third-order valence-electron chi connectivity index (χ3n) is 5.49. The molecule has 0 saturated heterocycles. The van der Waals surface area contributed by atoms with Crippen molar-refractivity contribution in [2.24, 2.45) is 5.92 Å². The minimum absolute atomic E-state index is 0.264. The van der Waals surface area contributed by atoms with Crippen LogP contribution in [0.5, 0.6) is 0 Å². The van der Waals surface area contributed by atoms with E-state index in [0.717, 1.165) is 38.5 Å². The second kappa shape index (κ2) is 17.8. The highest BCUT2D eigenvalue weighted by molar-refractivity contribution is 6.03. The van der Waals surface area contributed by atoms with E-state index in [9.17, 15) is 9.59 Å². The molecule has 0 aromatic heterocycles. The molecule has 0 heterocycles. The summed E-state index contributed by atoms with van der Waals surface area (Å²) in [6, 6.07) is 6.74. The molecule has 5 nitrogen and oxygen atoms in total. The second-order valence-corrected chi connectivity index (χ2v) is 8.19. The van der Waals surface area contributed by atoms with E-state index in [0.29, 0.717) is 19.8 Å². The van der Waals surface area contributed by atoms with Crippen molar-refractivity contribution < 1.29 is 23.8 Å². The van der Waals surface area contributed by atoms with Crippen LogP contribution in [0.1, 0.15) is 105 Å². The summed E-state index contributed by atoms with van der Waals surface area (Å²) in [5, 5.41) is 0. The van der Waals surface area contributed by atoms with E-state index in [2.05, 4.69) is 13.8 Å². The molecule has 0 aliphatic rings. The molecule has 0 N–H and O–H groups in total. The van der Waals surface area contributed by atoms with Crippen molar-refractivity contribution in [3.05, 3.63) is 35.4 Å². The largest absolute Gasteiger partial charge is 0.462 e. The lowest BCUT2D eigenvalue weighted by Gasteiger charge is -2.17. The smallest absolute Gasteiger partial charge is 0.339 e. The van der Waals surface area contributed by atoms with Gasteiger partial charge in [-0.1, -0.05) is 77.3 Å². The van der Waals surface area contributed by atoms with Gasteiger partial charge in [0.15, 0.2) is 0 Å². The molecule has 0 spiro atoms. The van der Waals surface area contributed by atoms with Gasteiger partial charge in [0, 0.05) is 13.7 Å². The summed E-state index contributed by atoms with van der Waals surface area (Å²) in [5.74, 6) is -0.664. The minimum Gasteiger partial charge on any atom is -0.462 e. The Bertz CT molecular complexity index is 606. The number of esters is 2. The predicted molar refractivity (Wildman–Crippen MR) is 125 cm³/mol. The summed E-state index contributed by atoms with van der Waals surface area (Å²) >= 11 is 0. The van der Waals surface area contributed by atoms with Gasteiger partial charge in [0.25, 0.3) is 0 Å². The first-order valence-electron chi connectivity index (χ1n) is 12.1. The lowest BCUT2D eigenvalue weighted by atomic mass is 10.00. The highest BCUT2D eigenvalue weighted by Crippen LogP contribution is 2.17. The van der Waals surface area contributed by atoms with Crippen molar-refractivity contribution >= 4 is 11.9 Å². The Morgan fingerprint density at radius 3 is 1.94 bits per heavy atom. The van der Waals surface area contributed by atoms with Crippen LogP contribution in [0.2, 0.25) is 0 Å². The summed E-state index contributed by atoms with van der Waals surface area (Å²) in [5.41, 5.74) is 0.547. The van der Waals surface area contributed by atoms with E-state index in [1.54, 1.807) is 31.4 Å². The number of hydrogen-bond acceptors (Lipinski definition) is 5. The third kappa shape index (κ3) is 11.9. The predicted octanol–water partition coefficient (Wildman–Crippen LogP) is 6.59. The van der Waals surface area contributed by atoms with Gasteiger partial charge >= 0.3 is 11.9 Å². The van der Waals surface area contributed by atoms with Crippen LogP contribution in [0.15, 0.2) is 24.3 Å². The van der Waals surface area contributed by atoms with E-state index in [-0.39, 0.29) is 17.0 Å². The van der Waals surface area contributed by atoms with E-state index < -0.39 is 11.9 Å². The van der Waals surface area contributed by atoms with Gasteiger partial charge < -0.3 is 14.2 Å². The lowest BCUT2D eigenvalue weighted by Crippen LogP contribution is -2.19. The highest BCUT2D eigenvalue weighted by atomic mass is 16.5. The molecule has 0 aliphatic heterocycles. The van der Waals surface area contributed by atoms with E-state index >= 15 is 0 Å². The first kappa shape index (κ1) is 27.2. The van der Waals surface area contributed by atoms with E-state index in [1.165, 1.54) is 32.1 Å². The van der Waals surface area contributed by atoms with Crippen molar-refractivity contribution in [2.45, 2.75) is 84.5 Å². The van der Waals surface area contributed by atoms with Crippen LogP contribution in [0, 0.1) is 5.92 Å². The summed E-state index contributed by atoms with van der Waals surface area (Å²) in [7, 11) is 1.68. The molecular weight excluding hydrogens is 392 g/mol. The van der Waals surface area contributed by atoms with Gasteiger partial charge in [-0.3, -0.25) is 0 Å². The zero-order valence-electron chi connectivity index (χ0n) is 19.8. The Morgan fingerprint density at radius 2 is 1.32 bits per heavy atom. The molecule has 1 rings (SSSR count). The number of benzene rings is 1. The SMILES string of the molecule is CCCCCCCCCOC(=O)c1ccccc1C(=O)OCC(CCCC)CCOC. The van der Waals surface area contributed by atoms with Gasteiger partial charge in [0.05, 0.1) is 24.3 Å². The van der Waals surface area contributed by atoms with Gasteiger partial charge in [-0.15, -0.1) is 0 Å². The van der Waals surface area contributed by atoms with Crippen LogP contribution in [0.3, 0.4) is 0 Å². The monoisotopic (exact) mass is 434 g/mol. The third-order valence-corrected chi connectivity index (χ3v) is 5.49. The Hall–Kier alpha value is -1.88. The van der Waals surface area contributed by atoms with Gasteiger partial charge in [-0.05, 0) is 37.3 Å². The van der Waals surface area contributed by atoms with Crippen LogP contribution >= 0.6 is 0 Å². The Kier molecular flexibility index (Phi) is 15.6. The maximum Gasteiger partial charge on any atom is 0.339 e. The molecule has 1 unspecified atom stereocenters. The highest BCUT2D eigenvalue weighted by Gasteiger charge is 2.20. The molecule has 0 aliphatic carbocycles. The van der Waals surface area contributed by atoms with Crippen molar-refractivity contribution in [1.29, 1.82) is 0 Å². The first-order chi connectivity index (χ1) is 15.1. The molecular formula is C26H42O5. The van der Waals surface area contributed by atoms with Crippen molar-refractivity contribution in [1.82, 2.24) is 0 Å². The number of methoxy groups -OCH3 is 1. The number of ether oxygens (including phenoxy) is 3. The van der Waals surface area contributed by atoms with Crippen LogP contribution in [-0.2, 0) is 14.2 Å². The number of unbranched alkanes of at least 4 members (excludes halogenated alkanes) is 7. The fourth-order valence-electron chi connectivity index (χ4n) is 3.50. The molecule has 0 amide bonds. The van der Waals surface area contributed by atoms with Crippen molar-refractivity contribution in [2.75, 3.05) is 26.9 Å². The molecule has 0 fully saturated rings. The maximum atomic E-state index is 12.7. The fourth-order valence-corrected chi connectivity index (χ4v) is 3.50. The maximum absolute atomic E-state index is 12.7. The van der Waals surface area contributed by atoms with Gasteiger partial charge in [0.2, 0.25) is 0 Å². The molecule has 176 valence electrons. The van der Waals surface area contributed by atoms with Crippen LogP contribution in [0.25, 0.3) is 0 Å². The Morgan fingerprint density at radius 1 is 0.742 bits per heavy atom. The quantitative estimate of drug-likeness (QED) is 0.192. The molecule has 5 heteroatoms. The Labute approximate surface area is 188 Å². The first-order valence-corrected chi connectivity index (χ1v) is 12.1. The average molecular weight is 435 g/mol. The Balaban J connectivity index is 2.50. The van der Waals surface area contributed by atoms with Crippen LogP contribution in [-0.4, -0.2) is 38.9 Å². The summed E-state index contributed by atoms with van der Waals surface area (Å²) in [4.78, 5) is 25.2. The van der Waals surface area contributed by atoms with Gasteiger partial charge in [0.1, 0.15) is 0 Å². The number of carbonyl (C=O) groups excluding carboxylic acids is 2. The van der Waals surface area contributed by atoms with Crippen molar-refractivity contribution in [3.8, 4) is 0 Å². The fraction of sp³-hybridized carbons (Fsp3) is 0.692. The topological polar surface area (TPSA) is 61.8 Å². The summed E-state index contributed by atoms with van der Waals surface area (Å²) in [6.45, 7) is 5.72. The number of carbonyl (C=O) groups is 2. The van der Waals surface area contributed by atoms with E-state index in [1.807, 2.05) is 0 Å². The summed E-state index contributed by atoms with van der Waals surface area (Å²) < 4.78 is 16.1. The normalized spacial score (nSPS) is 11.8. The molecule has 1 aromatic rings. The molecule has 31 heavy (non-hydrogen) atoms. The van der Waals surface area contributed by atoms with Crippen LogP contribution < -0.4 is 0 Å². The lowest BCUT2D eigenvalue weighted by molar-refractivity contribution is 0.0381. The second-order valence-electron chi connectivity index (χ2n) is 8.19. The molecule has 0 saturated carbocycles. The number of rotatable bonds is 18. The zero-order valence-corrected chi connectivity index (χ0v) is 19.8. The molecule has 1 atom stereocenters. The standard InChI is InChI=1S/C26H42O5/c1-4-6-8-9-10-11-14-19-30-25(27)23-16-12-13-17-24(23)26(28)31-21-22(15-7-5-2)18-20-29-3/h12-13,16-17,22H,4-11,14-15,18-21H2,1-3H3. The molecule has 0 bridgehead atoms.